The van der Waals surface area contributed by atoms with Crippen LogP contribution in [0.1, 0.15) is 42.6 Å². The minimum absolute atomic E-state index is 0.0822. The number of hydrogen-bond donors (Lipinski definition) is 1. The van der Waals surface area contributed by atoms with Gasteiger partial charge < -0.3 is 5.32 Å². The van der Waals surface area contributed by atoms with Crippen molar-refractivity contribution in [3.8, 4) is 0 Å². The number of aromatic nitrogens is 4. The molecule has 2 rings (SSSR count). The van der Waals surface area contributed by atoms with Gasteiger partial charge in [0.1, 0.15) is 5.82 Å². The van der Waals surface area contributed by atoms with Crippen LogP contribution in [0.5, 0.6) is 0 Å². The average Bonchev–Trinajstić information content (AvgIpc) is 2.67. The molecule has 0 aliphatic heterocycles. The van der Waals surface area contributed by atoms with Gasteiger partial charge in [-0.3, -0.25) is 9.48 Å². The molecule has 0 aromatic carbocycles. The lowest BCUT2D eigenvalue weighted by Crippen LogP contribution is -2.19. The molecule has 6 heteroatoms. The van der Waals surface area contributed by atoms with Gasteiger partial charge in [-0.2, -0.15) is 10.2 Å². The van der Waals surface area contributed by atoms with E-state index >= 15 is 0 Å². The largest absolute Gasteiger partial charge is 0.305 e. The Hall–Kier alpha value is -2.24. The van der Waals surface area contributed by atoms with Crippen LogP contribution >= 0.6 is 0 Å². The second-order valence-corrected chi connectivity index (χ2v) is 5.80. The Balaban J connectivity index is 2.16. The van der Waals surface area contributed by atoms with Gasteiger partial charge in [0, 0.05) is 18.5 Å². The summed E-state index contributed by atoms with van der Waals surface area (Å²) in [5, 5.41) is 15.0. The Labute approximate surface area is 118 Å². The molecule has 0 unspecified atom stereocenters. The third kappa shape index (κ3) is 3.01. The molecule has 0 fully saturated rings. The van der Waals surface area contributed by atoms with E-state index in [-0.39, 0.29) is 17.0 Å². The molecule has 0 saturated heterocycles. The number of aryl methyl sites for hydroxylation is 2. The molecule has 0 bridgehead atoms. The Kier molecular flexibility index (Phi) is 3.57. The lowest BCUT2D eigenvalue weighted by atomic mass is 9.92. The van der Waals surface area contributed by atoms with Crippen molar-refractivity contribution in [3.05, 3.63) is 35.3 Å². The van der Waals surface area contributed by atoms with E-state index in [4.69, 9.17) is 0 Å². The maximum absolute atomic E-state index is 12.1. The van der Waals surface area contributed by atoms with Crippen molar-refractivity contribution in [1.82, 2.24) is 20.0 Å². The number of hydrogen-bond acceptors (Lipinski definition) is 4. The highest BCUT2D eigenvalue weighted by atomic mass is 16.2. The van der Waals surface area contributed by atoms with Gasteiger partial charge in [0.2, 0.25) is 0 Å². The first-order valence-corrected chi connectivity index (χ1v) is 6.43. The van der Waals surface area contributed by atoms with Crippen molar-refractivity contribution in [1.29, 1.82) is 0 Å². The van der Waals surface area contributed by atoms with Gasteiger partial charge in [-0.15, -0.1) is 5.10 Å². The number of carbonyl (C=O) groups excluding carboxylic acids is 1. The van der Waals surface area contributed by atoms with Gasteiger partial charge in [0.15, 0.2) is 5.69 Å². The Bertz CT molecular complexity index is 622. The second-order valence-electron chi connectivity index (χ2n) is 5.80. The smallest absolute Gasteiger partial charge is 0.277 e. The molecular formula is C14H19N5O. The molecule has 0 atom stereocenters. The summed E-state index contributed by atoms with van der Waals surface area (Å²) in [5.41, 5.74) is 1.90. The lowest BCUT2D eigenvalue weighted by Gasteiger charge is -2.16. The van der Waals surface area contributed by atoms with Crippen molar-refractivity contribution in [2.24, 2.45) is 7.05 Å². The normalized spacial score (nSPS) is 11.4. The molecule has 2 aromatic rings. The molecule has 2 aromatic heterocycles. The Morgan fingerprint density at radius 1 is 1.25 bits per heavy atom. The fraction of sp³-hybridized carbons (Fsp3) is 0.429. The molecule has 1 amide bonds. The fourth-order valence-corrected chi connectivity index (χ4v) is 1.76. The molecule has 106 valence electrons. The fourth-order valence-electron chi connectivity index (χ4n) is 1.76. The van der Waals surface area contributed by atoms with Crippen LogP contribution < -0.4 is 5.32 Å². The lowest BCUT2D eigenvalue weighted by molar-refractivity contribution is 0.102. The quantitative estimate of drug-likeness (QED) is 0.909. The first-order chi connectivity index (χ1) is 9.27. The van der Waals surface area contributed by atoms with Gasteiger partial charge in [-0.25, -0.2) is 0 Å². The number of nitrogens with one attached hydrogen (secondary N) is 1. The molecule has 2 heterocycles. The summed E-state index contributed by atoms with van der Waals surface area (Å²) in [6.07, 6.45) is 0. The van der Waals surface area contributed by atoms with Crippen LogP contribution in [0.4, 0.5) is 5.82 Å². The van der Waals surface area contributed by atoms with Crippen molar-refractivity contribution >= 4 is 11.7 Å². The van der Waals surface area contributed by atoms with E-state index in [0.717, 1.165) is 11.4 Å². The van der Waals surface area contributed by atoms with E-state index in [1.807, 2.05) is 13.0 Å². The molecule has 6 nitrogen and oxygen atoms in total. The molecule has 0 aliphatic carbocycles. The highest BCUT2D eigenvalue weighted by Gasteiger charge is 2.17. The SMILES string of the molecule is Cc1cc(NC(=O)c2ccc(C(C)(C)C)nn2)n(C)n1. The average molecular weight is 273 g/mol. The molecule has 0 spiro atoms. The highest BCUT2D eigenvalue weighted by molar-refractivity contribution is 6.02. The second kappa shape index (κ2) is 5.03. The molecule has 1 N–H and O–H groups in total. The molecular weight excluding hydrogens is 254 g/mol. The van der Waals surface area contributed by atoms with E-state index in [1.165, 1.54) is 0 Å². The summed E-state index contributed by atoms with van der Waals surface area (Å²) in [6, 6.07) is 5.32. The zero-order chi connectivity index (χ0) is 14.9. The maximum Gasteiger partial charge on any atom is 0.277 e. The van der Waals surface area contributed by atoms with Crippen molar-refractivity contribution in [2.75, 3.05) is 5.32 Å². The minimum atomic E-state index is -0.291. The van der Waals surface area contributed by atoms with Crippen LogP contribution in [-0.4, -0.2) is 25.9 Å². The highest BCUT2D eigenvalue weighted by Crippen LogP contribution is 2.19. The van der Waals surface area contributed by atoms with Crippen LogP contribution in [0.25, 0.3) is 0 Å². The van der Waals surface area contributed by atoms with E-state index in [9.17, 15) is 4.79 Å². The number of anilines is 1. The third-order valence-corrected chi connectivity index (χ3v) is 2.91. The first-order valence-electron chi connectivity index (χ1n) is 6.43. The molecule has 0 radical (unpaired) electrons. The number of rotatable bonds is 2. The van der Waals surface area contributed by atoms with Crippen molar-refractivity contribution in [3.63, 3.8) is 0 Å². The monoisotopic (exact) mass is 273 g/mol. The first kappa shape index (κ1) is 14.2. The van der Waals surface area contributed by atoms with Crippen molar-refractivity contribution < 1.29 is 4.79 Å². The predicted octanol–water partition coefficient (Wildman–Crippen LogP) is 2.07. The zero-order valence-corrected chi connectivity index (χ0v) is 12.4. The predicted molar refractivity (Wildman–Crippen MR) is 76.6 cm³/mol. The van der Waals surface area contributed by atoms with Crippen LogP contribution in [0.2, 0.25) is 0 Å². The summed E-state index contributed by atoms with van der Waals surface area (Å²) in [5.74, 6) is 0.343. The summed E-state index contributed by atoms with van der Waals surface area (Å²) >= 11 is 0. The van der Waals surface area contributed by atoms with E-state index in [0.29, 0.717) is 5.82 Å². The maximum atomic E-state index is 12.1. The van der Waals surface area contributed by atoms with Gasteiger partial charge in [-0.1, -0.05) is 20.8 Å². The van der Waals surface area contributed by atoms with Crippen molar-refractivity contribution in [2.45, 2.75) is 33.1 Å². The minimum Gasteiger partial charge on any atom is -0.305 e. The number of carbonyl (C=O) groups is 1. The van der Waals surface area contributed by atoms with E-state index in [1.54, 1.807) is 23.9 Å². The number of nitrogens with zero attached hydrogens (tertiary/aromatic N) is 4. The van der Waals surface area contributed by atoms with Gasteiger partial charge in [0.05, 0.1) is 11.4 Å². The number of amides is 1. The summed E-state index contributed by atoms with van der Waals surface area (Å²) < 4.78 is 1.62. The van der Waals surface area contributed by atoms with Gasteiger partial charge >= 0.3 is 0 Å². The van der Waals surface area contributed by atoms with E-state index < -0.39 is 0 Å². The summed E-state index contributed by atoms with van der Waals surface area (Å²) in [7, 11) is 1.77. The van der Waals surface area contributed by atoms with Gasteiger partial charge in [-0.05, 0) is 19.1 Å². The third-order valence-electron chi connectivity index (χ3n) is 2.91. The van der Waals surface area contributed by atoms with Crippen LogP contribution in [0.3, 0.4) is 0 Å². The van der Waals surface area contributed by atoms with Crippen LogP contribution in [-0.2, 0) is 12.5 Å². The Morgan fingerprint density at radius 3 is 2.40 bits per heavy atom. The topological polar surface area (TPSA) is 72.7 Å². The summed E-state index contributed by atoms with van der Waals surface area (Å²) in [6.45, 7) is 8.02. The molecule has 0 aliphatic rings. The molecule has 0 saturated carbocycles. The van der Waals surface area contributed by atoms with Gasteiger partial charge in [0.25, 0.3) is 5.91 Å². The van der Waals surface area contributed by atoms with Crippen LogP contribution in [0, 0.1) is 6.92 Å². The zero-order valence-electron chi connectivity index (χ0n) is 12.4. The molecule has 20 heavy (non-hydrogen) atoms. The van der Waals surface area contributed by atoms with Crippen LogP contribution in [0.15, 0.2) is 18.2 Å². The standard InChI is InChI=1S/C14H19N5O/c1-9-8-12(19(5)18-9)15-13(20)10-6-7-11(17-16-10)14(2,3)4/h6-8H,1-5H3,(H,15,20). The summed E-state index contributed by atoms with van der Waals surface area (Å²) in [4.78, 5) is 12.1. The Morgan fingerprint density at radius 2 is 1.95 bits per heavy atom. The van der Waals surface area contributed by atoms with E-state index in [2.05, 4.69) is 41.4 Å².